The average molecular weight is 306 g/mol. The smallest absolute Gasteiger partial charge is 0.133 e. The number of aromatic amines is 1. The van der Waals surface area contributed by atoms with Crippen LogP contribution in [0.3, 0.4) is 0 Å². The Morgan fingerprint density at radius 3 is 2.78 bits per heavy atom. The van der Waals surface area contributed by atoms with E-state index in [0.29, 0.717) is 5.92 Å². The molecule has 23 heavy (non-hydrogen) atoms. The molecule has 3 aromatic rings. The summed E-state index contributed by atoms with van der Waals surface area (Å²) in [6.45, 7) is 7.25. The quantitative estimate of drug-likeness (QED) is 0.804. The van der Waals surface area contributed by atoms with Crippen LogP contribution in [0.2, 0.25) is 0 Å². The molecule has 0 amide bonds. The van der Waals surface area contributed by atoms with E-state index in [1.165, 1.54) is 16.5 Å². The maximum atomic E-state index is 4.65. The molecule has 1 aliphatic heterocycles. The van der Waals surface area contributed by atoms with E-state index in [9.17, 15) is 0 Å². The first-order chi connectivity index (χ1) is 11.2. The minimum Gasteiger partial charge on any atom is -0.361 e. The van der Waals surface area contributed by atoms with Gasteiger partial charge in [-0.2, -0.15) is 0 Å². The Labute approximate surface area is 136 Å². The van der Waals surface area contributed by atoms with E-state index in [-0.39, 0.29) is 0 Å². The van der Waals surface area contributed by atoms with Crippen LogP contribution < -0.4 is 0 Å². The summed E-state index contributed by atoms with van der Waals surface area (Å²) in [5.74, 6) is 1.47. The maximum Gasteiger partial charge on any atom is 0.133 e. The van der Waals surface area contributed by atoms with Crippen molar-refractivity contribution in [1.82, 2.24) is 19.9 Å². The van der Waals surface area contributed by atoms with E-state index in [0.717, 1.165) is 43.3 Å². The zero-order valence-corrected chi connectivity index (χ0v) is 13.7. The topological polar surface area (TPSA) is 44.8 Å². The number of rotatable bonds is 3. The van der Waals surface area contributed by atoms with Crippen molar-refractivity contribution in [3.05, 3.63) is 59.3 Å². The number of hydrogen-bond acceptors (Lipinski definition) is 3. The fourth-order valence-electron chi connectivity index (χ4n) is 3.63. The molecule has 0 spiro atoms. The highest BCUT2D eigenvalue weighted by atomic mass is 15.2. The van der Waals surface area contributed by atoms with Crippen molar-refractivity contribution in [2.45, 2.75) is 32.7 Å². The molecule has 118 valence electrons. The van der Waals surface area contributed by atoms with Crippen molar-refractivity contribution in [2.24, 2.45) is 0 Å². The normalized spacial score (nSPS) is 18.8. The molecule has 0 aliphatic carbocycles. The SMILES string of the molecule is Cc1cc(C)nc(C2CCN(Cc3c[nH]c4ccccc34)C2)n1. The van der Waals surface area contributed by atoms with Gasteiger partial charge in [0.1, 0.15) is 5.82 Å². The highest BCUT2D eigenvalue weighted by Crippen LogP contribution is 2.28. The van der Waals surface area contributed by atoms with E-state index >= 15 is 0 Å². The Balaban J connectivity index is 1.50. The Morgan fingerprint density at radius 2 is 1.96 bits per heavy atom. The summed E-state index contributed by atoms with van der Waals surface area (Å²) in [4.78, 5) is 15.2. The molecule has 0 bridgehead atoms. The van der Waals surface area contributed by atoms with Gasteiger partial charge in [-0.3, -0.25) is 4.90 Å². The van der Waals surface area contributed by atoms with Crippen LogP contribution in [0.5, 0.6) is 0 Å². The molecular weight excluding hydrogens is 284 g/mol. The molecule has 1 aromatic carbocycles. The van der Waals surface area contributed by atoms with Gasteiger partial charge in [-0.25, -0.2) is 9.97 Å². The summed E-state index contributed by atoms with van der Waals surface area (Å²) < 4.78 is 0. The molecule has 1 N–H and O–H groups in total. The predicted molar refractivity (Wildman–Crippen MR) is 92.4 cm³/mol. The van der Waals surface area contributed by atoms with Crippen molar-refractivity contribution in [3.8, 4) is 0 Å². The number of aryl methyl sites for hydroxylation is 2. The van der Waals surface area contributed by atoms with Crippen molar-refractivity contribution in [2.75, 3.05) is 13.1 Å². The van der Waals surface area contributed by atoms with Crippen LogP contribution in [-0.2, 0) is 6.54 Å². The van der Waals surface area contributed by atoms with Crippen LogP contribution in [-0.4, -0.2) is 32.9 Å². The molecule has 0 saturated carbocycles. The third kappa shape index (κ3) is 2.86. The van der Waals surface area contributed by atoms with Gasteiger partial charge in [-0.1, -0.05) is 18.2 Å². The van der Waals surface area contributed by atoms with Gasteiger partial charge < -0.3 is 4.98 Å². The summed E-state index contributed by atoms with van der Waals surface area (Å²) >= 11 is 0. The summed E-state index contributed by atoms with van der Waals surface area (Å²) in [7, 11) is 0. The zero-order valence-electron chi connectivity index (χ0n) is 13.7. The number of hydrogen-bond donors (Lipinski definition) is 1. The Hall–Kier alpha value is -2.20. The number of para-hydroxylation sites is 1. The number of fused-ring (bicyclic) bond motifs is 1. The van der Waals surface area contributed by atoms with E-state index in [2.05, 4.69) is 64.2 Å². The standard InChI is InChI=1S/C19H22N4/c1-13-9-14(2)22-19(21-13)15-7-8-23(11-15)12-16-10-20-18-6-4-3-5-17(16)18/h3-6,9-10,15,20H,7-8,11-12H2,1-2H3. The van der Waals surface area contributed by atoms with Gasteiger partial charge in [-0.15, -0.1) is 0 Å². The number of H-pyrrole nitrogens is 1. The van der Waals surface area contributed by atoms with Gasteiger partial charge in [-0.05, 0) is 44.5 Å². The van der Waals surface area contributed by atoms with Crippen LogP contribution in [0.25, 0.3) is 10.9 Å². The molecule has 0 radical (unpaired) electrons. The van der Waals surface area contributed by atoms with Crippen LogP contribution in [0.4, 0.5) is 0 Å². The summed E-state index contributed by atoms with van der Waals surface area (Å²) in [6, 6.07) is 10.6. The van der Waals surface area contributed by atoms with Gasteiger partial charge in [0.05, 0.1) is 0 Å². The van der Waals surface area contributed by atoms with Crippen molar-refractivity contribution < 1.29 is 0 Å². The molecule has 1 atom stereocenters. The minimum absolute atomic E-state index is 0.457. The summed E-state index contributed by atoms with van der Waals surface area (Å²) in [6.07, 6.45) is 3.29. The van der Waals surface area contributed by atoms with E-state index in [1.54, 1.807) is 0 Å². The zero-order chi connectivity index (χ0) is 15.8. The summed E-state index contributed by atoms with van der Waals surface area (Å²) in [5, 5.41) is 1.33. The minimum atomic E-state index is 0.457. The van der Waals surface area contributed by atoms with Crippen molar-refractivity contribution in [3.63, 3.8) is 0 Å². The average Bonchev–Trinajstić information content (AvgIpc) is 3.15. The lowest BCUT2D eigenvalue weighted by atomic mass is 10.1. The van der Waals surface area contributed by atoms with Crippen LogP contribution in [0, 0.1) is 13.8 Å². The molecule has 3 heterocycles. The molecule has 4 rings (SSSR count). The fourth-order valence-corrected chi connectivity index (χ4v) is 3.63. The van der Waals surface area contributed by atoms with E-state index < -0.39 is 0 Å². The van der Waals surface area contributed by atoms with Crippen molar-refractivity contribution in [1.29, 1.82) is 0 Å². The molecule has 2 aromatic heterocycles. The van der Waals surface area contributed by atoms with E-state index in [4.69, 9.17) is 0 Å². The molecular formula is C19H22N4. The number of nitrogens with one attached hydrogen (secondary N) is 1. The molecule has 4 nitrogen and oxygen atoms in total. The first-order valence-electron chi connectivity index (χ1n) is 8.28. The second kappa shape index (κ2) is 5.78. The molecule has 1 unspecified atom stereocenters. The highest BCUT2D eigenvalue weighted by molar-refractivity contribution is 5.82. The predicted octanol–water partition coefficient (Wildman–Crippen LogP) is 3.56. The molecule has 4 heteroatoms. The van der Waals surface area contributed by atoms with Crippen molar-refractivity contribution >= 4 is 10.9 Å². The van der Waals surface area contributed by atoms with Gasteiger partial charge in [0, 0.05) is 47.5 Å². The largest absolute Gasteiger partial charge is 0.361 e. The Bertz CT molecular complexity index is 816. The molecule has 1 saturated heterocycles. The first-order valence-corrected chi connectivity index (χ1v) is 8.28. The summed E-state index contributed by atoms with van der Waals surface area (Å²) in [5.41, 5.74) is 4.74. The fraction of sp³-hybridized carbons (Fsp3) is 0.368. The van der Waals surface area contributed by atoms with Gasteiger partial charge in [0.2, 0.25) is 0 Å². The van der Waals surface area contributed by atoms with E-state index in [1.807, 2.05) is 6.07 Å². The number of likely N-dealkylation sites (tertiary alicyclic amines) is 1. The second-order valence-corrected chi connectivity index (χ2v) is 6.59. The van der Waals surface area contributed by atoms with Gasteiger partial charge in [0.25, 0.3) is 0 Å². The Kier molecular flexibility index (Phi) is 3.62. The first kappa shape index (κ1) is 14.4. The van der Waals surface area contributed by atoms with Crippen LogP contribution >= 0.6 is 0 Å². The second-order valence-electron chi connectivity index (χ2n) is 6.59. The Morgan fingerprint density at radius 1 is 1.17 bits per heavy atom. The third-order valence-corrected chi connectivity index (χ3v) is 4.71. The van der Waals surface area contributed by atoms with Crippen LogP contribution in [0.1, 0.15) is 35.1 Å². The third-order valence-electron chi connectivity index (χ3n) is 4.71. The number of nitrogens with zero attached hydrogens (tertiary/aromatic N) is 3. The number of aromatic nitrogens is 3. The monoisotopic (exact) mass is 306 g/mol. The highest BCUT2D eigenvalue weighted by Gasteiger charge is 2.26. The lowest BCUT2D eigenvalue weighted by Crippen LogP contribution is -2.20. The lowest BCUT2D eigenvalue weighted by molar-refractivity contribution is 0.327. The molecule has 1 aliphatic rings. The van der Waals surface area contributed by atoms with Crippen LogP contribution in [0.15, 0.2) is 36.5 Å². The van der Waals surface area contributed by atoms with Gasteiger partial charge in [0.15, 0.2) is 0 Å². The number of benzene rings is 1. The maximum absolute atomic E-state index is 4.65. The molecule has 1 fully saturated rings. The van der Waals surface area contributed by atoms with Gasteiger partial charge >= 0.3 is 0 Å². The lowest BCUT2D eigenvalue weighted by Gasteiger charge is -2.15.